The lowest BCUT2D eigenvalue weighted by Gasteiger charge is -2.28. The van der Waals surface area contributed by atoms with E-state index in [0.29, 0.717) is 12.5 Å². The van der Waals surface area contributed by atoms with E-state index in [2.05, 4.69) is 28.7 Å². The predicted molar refractivity (Wildman–Crippen MR) is 67.4 cm³/mol. The highest BCUT2D eigenvalue weighted by Crippen LogP contribution is 2.20. The molecule has 0 aliphatic carbocycles. The number of hydrogen-bond acceptors (Lipinski definition) is 6. The van der Waals surface area contributed by atoms with Crippen LogP contribution in [0.2, 0.25) is 0 Å². The van der Waals surface area contributed by atoms with Crippen molar-refractivity contribution in [1.29, 1.82) is 0 Å². The Morgan fingerprint density at radius 3 is 2.65 bits per heavy atom. The molecule has 0 amide bonds. The Kier molecular flexibility index (Phi) is 4.96. The molecule has 1 aromatic heterocycles. The van der Waals surface area contributed by atoms with E-state index in [1.165, 1.54) is 0 Å². The highest BCUT2D eigenvalue weighted by Gasteiger charge is 2.15. The van der Waals surface area contributed by atoms with Gasteiger partial charge in [0.15, 0.2) is 0 Å². The Morgan fingerprint density at radius 1 is 1.41 bits per heavy atom. The number of nitrogens with zero attached hydrogens (tertiary/aromatic N) is 3. The third kappa shape index (κ3) is 3.45. The normalized spacial score (nSPS) is 12.2. The molecule has 0 aliphatic heterocycles. The van der Waals surface area contributed by atoms with E-state index < -0.39 is 0 Å². The van der Waals surface area contributed by atoms with Gasteiger partial charge < -0.3 is 20.1 Å². The number of likely N-dealkylation sites (N-methyl/N-ethyl adjacent to an activating group) is 1. The van der Waals surface area contributed by atoms with E-state index in [-0.39, 0.29) is 12.0 Å². The van der Waals surface area contributed by atoms with Crippen molar-refractivity contribution in [1.82, 2.24) is 9.97 Å². The molecule has 1 rings (SSSR count). The fourth-order valence-electron chi connectivity index (χ4n) is 1.71. The molecule has 0 saturated carbocycles. The number of anilines is 2. The second-order valence-electron chi connectivity index (χ2n) is 3.72. The Balaban J connectivity index is 2.98. The molecule has 0 aromatic carbocycles. The first-order valence-electron chi connectivity index (χ1n) is 5.56. The summed E-state index contributed by atoms with van der Waals surface area (Å²) in [5, 5.41) is 0. The minimum Gasteiger partial charge on any atom is -0.481 e. The van der Waals surface area contributed by atoms with Crippen molar-refractivity contribution in [2.45, 2.75) is 19.9 Å². The number of rotatable bonds is 6. The van der Waals surface area contributed by atoms with E-state index >= 15 is 0 Å². The molecule has 1 unspecified atom stereocenters. The van der Waals surface area contributed by atoms with Crippen LogP contribution >= 0.6 is 0 Å². The first-order valence-corrected chi connectivity index (χ1v) is 5.56. The molecule has 1 atom stereocenters. The maximum atomic E-state index is 5.64. The van der Waals surface area contributed by atoms with Crippen molar-refractivity contribution >= 4 is 11.8 Å². The largest absolute Gasteiger partial charge is 0.481 e. The molecule has 0 radical (unpaired) electrons. The first kappa shape index (κ1) is 13.5. The van der Waals surface area contributed by atoms with E-state index in [4.69, 9.17) is 15.2 Å². The highest BCUT2D eigenvalue weighted by atomic mass is 16.5. The fourth-order valence-corrected chi connectivity index (χ4v) is 1.71. The van der Waals surface area contributed by atoms with Crippen LogP contribution in [-0.2, 0) is 4.74 Å². The molecule has 6 heteroatoms. The van der Waals surface area contributed by atoms with Crippen LogP contribution in [0.5, 0.6) is 5.88 Å². The second kappa shape index (κ2) is 6.24. The Bertz CT molecular complexity index is 359. The second-order valence-corrected chi connectivity index (χ2v) is 3.72. The van der Waals surface area contributed by atoms with Crippen molar-refractivity contribution < 1.29 is 9.47 Å². The molecule has 2 N–H and O–H groups in total. The molecule has 1 heterocycles. The third-order valence-electron chi connectivity index (χ3n) is 2.49. The number of hydrogen-bond donors (Lipinski definition) is 1. The summed E-state index contributed by atoms with van der Waals surface area (Å²) in [4.78, 5) is 10.3. The molecule has 0 bridgehead atoms. The topological polar surface area (TPSA) is 73.5 Å². The van der Waals surface area contributed by atoms with Crippen LogP contribution in [0.3, 0.4) is 0 Å². The van der Waals surface area contributed by atoms with Crippen LogP contribution in [0.1, 0.15) is 13.8 Å². The summed E-state index contributed by atoms with van der Waals surface area (Å²) in [6, 6.07) is 1.98. The maximum absolute atomic E-state index is 5.64. The molecule has 17 heavy (non-hydrogen) atoms. The van der Waals surface area contributed by atoms with Gasteiger partial charge >= 0.3 is 0 Å². The van der Waals surface area contributed by atoms with Crippen LogP contribution < -0.4 is 15.4 Å². The molecule has 1 aromatic rings. The minimum absolute atomic E-state index is 0.211. The van der Waals surface area contributed by atoms with Gasteiger partial charge in [-0.2, -0.15) is 9.97 Å². The van der Waals surface area contributed by atoms with Crippen molar-refractivity contribution in [3.05, 3.63) is 6.07 Å². The van der Waals surface area contributed by atoms with Crippen molar-refractivity contribution in [3.8, 4) is 5.88 Å². The van der Waals surface area contributed by atoms with Gasteiger partial charge in [-0.15, -0.1) is 0 Å². The van der Waals surface area contributed by atoms with Crippen LogP contribution in [0.25, 0.3) is 0 Å². The molecule has 0 spiro atoms. The van der Waals surface area contributed by atoms with E-state index in [0.717, 1.165) is 12.4 Å². The lowest BCUT2D eigenvalue weighted by molar-refractivity contribution is 0.181. The van der Waals surface area contributed by atoms with E-state index in [9.17, 15) is 0 Å². The van der Waals surface area contributed by atoms with E-state index in [1.54, 1.807) is 20.3 Å². The summed E-state index contributed by atoms with van der Waals surface area (Å²) in [5.41, 5.74) is 5.64. The van der Waals surface area contributed by atoms with Gasteiger partial charge in [0.25, 0.3) is 0 Å². The van der Waals surface area contributed by atoms with Gasteiger partial charge in [-0.05, 0) is 13.8 Å². The predicted octanol–water partition coefficient (Wildman–Crippen LogP) is 0.929. The van der Waals surface area contributed by atoms with Gasteiger partial charge in [-0.25, -0.2) is 0 Å². The van der Waals surface area contributed by atoms with Crippen molar-refractivity contribution in [2.24, 2.45) is 0 Å². The van der Waals surface area contributed by atoms with Crippen LogP contribution in [0, 0.1) is 0 Å². The Hall–Kier alpha value is -1.56. The average Bonchev–Trinajstić information content (AvgIpc) is 2.29. The summed E-state index contributed by atoms with van der Waals surface area (Å²) >= 11 is 0. The summed E-state index contributed by atoms with van der Waals surface area (Å²) in [6.07, 6.45) is 0. The van der Waals surface area contributed by atoms with Crippen LogP contribution in [-0.4, -0.2) is 43.4 Å². The van der Waals surface area contributed by atoms with Gasteiger partial charge in [0.2, 0.25) is 11.8 Å². The van der Waals surface area contributed by atoms with Gasteiger partial charge in [-0.3, -0.25) is 0 Å². The highest BCUT2D eigenvalue weighted by molar-refractivity contribution is 5.46. The molecule has 96 valence electrons. The number of aromatic nitrogens is 2. The van der Waals surface area contributed by atoms with Crippen LogP contribution in [0.15, 0.2) is 6.07 Å². The minimum atomic E-state index is 0.211. The Labute approximate surface area is 102 Å². The Morgan fingerprint density at radius 2 is 2.12 bits per heavy atom. The average molecular weight is 240 g/mol. The molecular weight excluding hydrogens is 220 g/mol. The zero-order chi connectivity index (χ0) is 12.8. The lowest BCUT2D eigenvalue weighted by atomic mass is 10.3. The smallest absolute Gasteiger partial charge is 0.225 e. The summed E-state index contributed by atoms with van der Waals surface area (Å²) in [5.74, 6) is 1.43. The summed E-state index contributed by atoms with van der Waals surface area (Å²) in [7, 11) is 3.24. The monoisotopic (exact) mass is 240 g/mol. The molecule has 0 fully saturated rings. The van der Waals surface area contributed by atoms with Gasteiger partial charge in [0.1, 0.15) is 5.82 Å². The molecule has 0 aliphatic rings. The van der Waals surface area contributed by atoms with Gasteiger partial charge in [0.05, 0.1) is 19.8 Å². The lowest BCUT2D eigenvalue weighted by Crippen LogP contribution is -2.36. The van der Waals surface area contributed by atoms with Crippen molar-refractivity contribution in [3.63, 3.8) is 0 Å². The SMILES string of the molecule is CCN(c1cc(OC)nc(N)n1)C(C)COC. The van der Waals surface area contributed by atoms with E-state index in [1.807, 2.05) is 0 Å². The summed E-state index contributed by atoms with van der Waals surface area (Å²) < 4.78 is 10.2. The zero-order valence-electron chi connectivity index (χ0n) is 10.8. The molecular formula is C11H20N4O2. The quantitative estimate of drug-likeness (QED) is 0.797. The summed E-state index contributed by atoms with van der Waals surface area (Å²) in [6.45, 7) is 5.55. The van der Waals surface area contributed by atoms with Crippen molar-refractivity contribution in [2.75, 3.05) is 38.0 Å². The molecule has 0 saturated heterocycles. The number of nitrogen functional groups attached to an aromatic ring is 1. The maximum Gasteiger partial charge on any atom is 0.225 e. The molecule has 6 nitrogen and oxygen atoms in total. The number of nitrogens with two attached hydrogens (primary N) is 1. The van der Waals surface area contributed by atoms with Gasteiger partial charge in [-0.1, -0.05) is 0 Å². The number of ether oxygens (including phenoxy) is 2. The third-order valence-corrected chi connectivity index (χ3v) is 2.49. The standard InChI is InChI=1S/C11H20N4O2/c1-5-15(8(2)7-16-3)9-6-10(17-4)14-11(12)13-9/h6,8H,5,7H2,1-4H3,(H2,12,13,14). The fraction of sp³-hybridized carbons (Fsp3) is 0.636. The number of methoxy groups -OCH3 is 2. The van der Waals surface area contributed by atoms with Gasteiger partial charge in [0, 0.05) is 19.7 Å². The zero-order valence-corrected chi connectivity index (χ0v) is 10.8. The first-order chi connectivity index (χ1) is 8.12. The van der Waals surface area contributed by atoms with Crippen LogP contribution in [0.4, 0.5) is 11.8 Å².